The maximum Gasteiger partial charge on any atom is 0.250 e. The summed E-state index contributed by atoms with van der Waals surface area (Å²) in [5, 5.41) is 11.1. The van der Waals surface area contributed by atoms with Crippen LogP contribution in [0.3, 0.4) is 0 Å². The average Bonchev–Trinajstić information content (AvgIpc) is 1.62. The van der Waals surface area contributed by atoms with E-state index in [-0.39, 0.29) is 12.5 Å². The van der Waals surface area contributed by atoms with Gasteiger partial charge in [0.1, 0.15) is 6.61 Å². The highest BCUT2D eigenvalue weighted by atomic mass is 16.3. The summed E-state index contributed by atoms with van der Waals surface area (Å²) in [7, 11) is 0. The van der Waals surface area contributed by atoms with Gasteiger partial charge >= 0.3 is 0 Å². The lowest BCUT2D eigenvalue weighted by Gasteiger charge is -2.31. The van der Waals surface area contributed by atoms with Gasteiger partial charge in [0, 0.05) is 0 Å². The van der Waals surface area contributed by atoms with Crippen LogP contribution in [0, 0.1) is 0 Å². The molecule has 0 unspecified atom stereocenters. The van der Waals surface area contributed by atoms with Crippen molar-refractivity contribution in [1.82, 2.24) is 10.2 Å². The summed E-state index contributed by atoms with van der Waals surface area (Å²) in [5.74, 6) is -0.205. The van der Waals surface area contributed by atoms with Crippen LogP contribution in [-0.4, -0.2) is 35.9 Å². The van der Waals surface area contributed by atoms with Crippen molar-refractivity contribution in [3.63, 3.8) is 0 Å². The standard InChI is InChI=1S/C4H8N2O2/c7-1-4(8)6-2-5-3-6/h5,7H,1-3H2. The van der Waals surface area contributed by atoms with E-state index in [1.165, 1.54) is 4.90 Å². The van der Waals surface area contributed by atoms with Crippen LogP contribution in [0.15, 0.2) is 0 Å². The molecule has 46 valence electrons. The summed E-state index contributed by atoms with van der Waals surface area (Å²) in [5.41, 5.74) is 0. The second-order valence-corrected chi connectivity index (χ2v) is 1.66. The predicted molar refractivity (Wildman–Crippen MR) is 26.8 cm³/mol. The minimum atomic E-state index is -0.373. The van der Waals surface area contributed by atoms with E-state index in [1.807, 2.05) is 0 Å². The highest BCUT2D eigenvalue weighted by Gasteiger charge is 2.17. The Morgan fingerprint density at radius 3 is 2.50 bits per heavy atom. The van der Waals surface area contributed by atoms with Crippen LogP contribution in [-0.2, 0) is 4.79 Å². The lowest BCUT2D eigenvalue weighted by Crippen LogP contribution is -2.55. The van der Waals surface area contributed by atoms with Crippen molar-refractivity contribution in [2.45, 2.75) is 0 Å². The normalized spacial score (nSPS) is 17.9. The van der Waals surface area contributed by atoms with E-state index >= 15 is 0 Å². The van der Waals surface area contributed by atoms with E-state index in [0.717, 1.165) is 0 Å². The lowest BCUT2D eigenvalue weighted by molar-refractivity contribution is -0.139. The molecule has 0 saturated carbocycles. The van der Waals surface area contributed by atoms with E-state index in [4.69, 9.17) is 5.11 Å². The smallest absolute Gasteiger partial charge is 0.250 e. The monoisotopic (exact) mass is 116 g/mol. The molecule has 1 rings (SSSR count). The van der Waals surface area contributed by atoms with Gasteiger partial charge in [0.2, 0.25) is 5.91 Å². The molecule has 0 aromatic carbocycles. The number of nitrogens with zero attached hydrogens (tertiary/aromatic N) is 1. The van der Waals surface area contributed by atoms with Gasteiger partial charge in [-0.25, -0.2) is 0 Å². The van der Waals surface area contributed by atoms with Crippen LogP contribution in [0.1, 0.15) is 0 Å². The molecule has 0 bridgehead atoms. The quantitative estimate of drug-likeness (QED) is 0.430. The van der Waals surface area contributed by atoms with Crippen LogP contribution in [0.5, 0.6) is 0 Å². The van der Waals surface area contributed by atoms with Gasteiger partial charge < -0.3 is 10.0 Å². The first kappa shape index (κ1) is 5.53. The number of rotatable bonds is 1. The van der Waals surface area contributed by atoms with Gasteiger partial charge in [-0.3, -0.25) is 10.1 Å². The van der Waals surface area contributed by atoms with Crippen LogP contribution < -0.4 is 5.32 Å². The molecule has 2 N–H and O–H groups in total. The molecule has 1 fully saturated rings. The minimum absolute atomic E-state index is 0.205. The Morgan fingerprint density at radius 2 is 2.38 bits per heavy atom. The average molecular weight is 116 g/mol. The second kappa shape index (κ2) is 2.11. The van der Waals surface area contributed by atoms with Gasteiger partial charge in [-0.15, -0.1) is 0 Å². The van der Waals surface area contributed by atoms with Crippen molar-refractivity contribution in [3.05, 3.63) is 0 Å². The highest BCUT2D eigenvalue weighted by molar-refractivity contribution is 5.77. The van der Waals surface area contributed by atoms with Gasteiger partial charge in [0.15, 0.2) is 0 Å². The molecule has 0 aliphatic carbocycles. The fraction of sp³-hybridized carbons (Fsp3) is 0.750. The van der Waals surface area contributed by atoms with Crippen LogP contribution >= 0.6 is 0 Å². The van der Waals surface area contributed by atoms with Crippen molar-refractivity contribution < 1.29 is 9.90 Å². The predicted octanol–water partition coefficient (Wildman–Crippen LogP) is -1.67. The molecule has 0 radical (unpaired) electrons. The van der Waals surface area contributed by atoms with Gasteiger partial charge in [-0.1, -0.05) is 0 Å². The van der Waals surface area contributed by atoms with E-state index < -0.39 is 0 Å². The number of nitrogens with one attached hydrogen (secondary N) is 1. The summed E-state index contributed by atoms with van der Waals surface area (Å²) >= 11 is 0. The molecule has 1 aliphatic rings. The van der Waals surface area contributed by atoms with Crippen LogP contribution in [0.4, 0.5) is 0 Å². The summed E-state index contributed by atoms with van der Waals surface area (Å²) in [6.45, 7) is 0.792. The lowest BCUT2D eigenvalue weighted by atomic mass is 10.5. The van der Waals surface area contributed by atoms with E-state index in [2.05, 4.69) is 5.32 Å². The largest absolute Gasteiger partial charge is 0.387 e. The number of amides is 1. The zero-order valence-electron chi connectivity index (χ0n) is 4.42. The molecule has 1 amide bonds. The third-order valence-corrected chi connectivity index (χ3v) is 1.09. The van der Waals surface area contributed by atoms with Crippen molar-refractivity contribution in [3.8, 4) is 0 Å². The molecular weight excluding hydrogens is 108 g/mol. The molecule has 4 nitrogen and oxygen atoms in total. The first-order valence-corrected chi connectivity index (χ1v) is 2.44. The summed E-state index contributed by atoms with van der Waals surface area (Å²) in [4.78, 5) is 12.0. The zero-order chi connectivity index (χ0) is 5.98. The molecule has 4 heteroatoms. The van der Waals surface area contributed by atoms with E-state index in [0.29, 0.717) is 13.3 Å². The molecule has 0 atom stereocenters. The number of aliphatic hydroxyl groups excluding tert-OH is 1. The Kier molecular flexibility index (Phi) is 1.45. The van der Waals surface area contributed by atoms with Gasteiger partial charge in [0.25, 0.3) is 0 Å². The Labute approximate surface area is 47.1 Å². The van der Waals surface area contributed by atoms with Gasteiger partial charge in [-0.2, -0.15) is 0 Å². The van der Waals surface area contributed by atoms with E-state index in [1.54, 1.807) is 0 Å². The van der Waals surface area contributed by atoms with Crippen molar-refractivity contribution in [2.24, 2.45) is 0 Å². The Hall–Kier alpha value is -0.610. The summed E-state index contributed by atoms with van der Waals surface area (Å²) in [6.07, 6.45) is 0. The number of aliphatic hydroxyl groups is 1. The van der Waals surface area contributed by atoms with Gasteiger partial charge in [0.05, 0.1) is 13.3 Å². The SMILES string of the molecule is O=C(CO)N1CNC1. The molecule has 0 aromatic rings. The van der Waals surface area contributed by atoms with Crippen molar-refractivity contribution in [1.29, 1.82) is 0 Å². The topological polar surface area (TPSA) is 52.6 Å². The first-order valence-electron chi connectivity index (χ1n) is 2.44. The van der Waals surface area contributed by atoms with E-state index in [9.17, 15) is 4.79 Å². The molecule has 0 spiro atoms. The highest BCUT2D eigenvalue weighted by Crippen LogP contribution is 1.91. The maximum absolute atomic E-state index is 10.4. The fourth-order valence-electron chi connectivity index (χ4n) is 0.500. The fourth-order valence-corrected chi connectivity index (χ4v) is 0.500. The third kappa shape index (κ3) is 0.801. The number of carbonyl (C=O) groups excluding carboxylic acids is 1. The molecule has 1 saturated heterocycles. The van der Waals surface area contributed by atoms with Crippen LogP contribution in [0.2, 0.25) is 0 Å². The summed E-state index contributed by atoms with van der Waals surface area (Å²) < 4.78 is 0. The van der Waals surface area contributed by atoms with Crippen molar-refractivity contribution >= 4 is 5.91 Å². The zero-order valence-corrected chi connectivity index (χ0v) is 4.42. The number of carbonyl (C=O) groups is 1. The second-order valence-electron chi connectivity index (χ2n) is 1.66. The van der Waals surface area contributed by atoms with Crippen LogP contribution in [0.25, 0.3) is 0 Å². The molecule has 1 heterocycles. The van der Waals surface area contributed by atoms with Gasteiger partial charge in [-0.05, 0) is 0 Å². The number of hydrogen-bond donors (Lipinski definition) is 2. The minimum Gasteiger partial charge on any atom is -0.387 e. The Bertz CT molecular complexity index is 100. The molecule has 0 aromatic heterocycles. The summed E-state index contributed by atoms with van der Waals surface area (Å²) in [6, 6.07) is 0. The molecule has 1 aliphatic heterocycles. The molecule has 8 heavy (non-hydrogen) atoms. The van der Waals surface area contributed by atoms with Crippen molar-refractivity contribution in [2.75, 3.05) is 19.9 Å². The number of hydrogen-bond acceptors (Lipinski definition) is 3. The Morgan fingerprint density at radius 1 is 1.75 bits per heavy atom. The maximum atomic E-state index is 10.4. The first-order chi connectivity index (χ1) is 3.84. The molecular formula is C4H8N2O2. The third-order valence-electron chi connectivity index (χ3n) is 1.09. The Balaban J connectivity index is 2.24.